The molecule has 0 saturated carbocycles. The maximum atomic E-state index is 13.5. The van der Waals surface area contributed by atoms with Crippen LogP contribution in [-0.4, -0.2) is 34.9 Å². The fourth-order valence-electron chi connectivity index (χ4n) is 5.03. The summed E-state index contributed by atoms with van der Waals surface area (Å²) in [7, 11) is 0. The Morgan fingerprint density at radius 3 is 2.20 bits per heavy atom. The van der Waals surface area contributed by atoms with Gasteiger partial charge in [0.2, 0.25) is 5.91 Å². The Labute approximate surface area is 200 Å². The second-order valence-electron chi connectivity index (χ2n) is 8.82. The molecule has 1 spiro atoms. The molecule has 0 bridgehead atoms. The largest absolute Gasteiger partial charge is 0.416 e. The molecule has 1 aromatic heterocycles. The first-order chi connectivity index (χ1) is 16.8. The number of urea groups is 1. The topological polar surface area (TPSA) is 65.5 Å². The summed E-state index contributed by atoms with van der Waals surface area (Å²) in [6.07, 6.45) is -1.81. The number of amides is 3. The van der Waals surface area contributed by atoms with E-state index in [2.05, 4.69) is 10.3 Å². The summed E-state index contributed by atoms with van der Waals surface area (Å²) in [5.74, 6) is 0.590. The van der Waals surface area contributed by atoms with Gasteiger partial charge in [-0.05, 0) is 54.8 Å². The lowest BCUT2D eigenvalue weighted by Gasteiger charge is -2.58. The number of likely N-dealkylation sites (tertiary alicyclic amines) is 1. The van der Waals surface area contributed by atoms with Crippen LogP contribution >= 0.6 is 0 Å². The van der Waals surface area contributed by atoms with Crippen LogP contribution < -0.4 is 10.2 Å². The number of nitrogens with zero attached hydrogens (tertiary/aromatic N) is 3. The highest BCUT2D eigenvalue weighted by atomic mass is 19.4. The van der Waals surface area contributed by atoms with E-state index >= 15 is 0 Å². The molecule has 6 nitrogen and oxygen atoms in total. The molecule has 180 valence electrons. The third-order valence-corrected chi connectivity index (χ3v) is 6.84. The van der Waals surface area contributed by atoms with Crippen LogP contribution in [0, 0.1) is 5.41 Å². The van der Waals surface area contributed by atoms with Gasteiger partial charge >= 0.3 is 12.2 Å². The van der Waals surface area contributed by atoms with E-state index in [0.717, 1.165) is 17.7 Å². The molecule has 0 aliphatic carbocycles. The fraction of sp³-hybridized carbons (Fsp3) is 0.269. The van der Waals surface area contributed by atoms with Crippen molar-refractivity contribution in [2.75, 3.05) is 23.3 Å². The molecular formula is C26H23F3N4O2. The lowest BCUT2D eigenvalue weighted by Crippen LogP contribution is -2.67. The van der Waals surface area contributed by atoms with Crippen LogP contribution in [0.3, 0.4) is 0 Å². The van der Waals surface area contributed by atoms with Gasteiger partial charge in [0.25, 0.3) is 0 Å². The summed E-state index contributed by atoms with van der Waals surface area (Å²) in [6, 6.07) is 19.0. The second-order valence-corrected chi connectivity index (χ2v) is 8.82. The van der Waals surface area contributed by atoms with Crippen molar-refractivity contribution >= 4 is 23.4 Å². The number of aromatic nitrogens is 1. The van der Waals surface area contributed by atoms with E-state index in [1.807, 2.05) is 42.5 Å². The number of piperidine rings is 1. The zero-order valence-corrected chi connectivity index (χ0v) is 18.7. The minimum absolute atomic E-state index is 0.00662. The highest BCUT2D eigenvalue weighted by Crippen LogP contribution is 2.57. The number of carbonyl (C=O) groups is 2. The number of alkyl halides is 3. The van der Waals surface area contributed by atoms with Crippen molar-refractivity contribution in [3.8, 4) is 0 Å². The summed E-state index contributed by atoms with van der Waals surface area (Å²) in [5.41, 5.74) is -0.112. The zero-order valence-electron chi connectivity index (χ0n) is 18.7. The number of halogens is 3. The van der Waals surface area contributed by atoms with E-state index in [1.165, 1.54) is 12.1 Å². The monoisotopic (exact) mass is 480 g/mol. The lowest BCUT2D eigenvalue weighted by molar-refractivity contribution is -0.144. The highest BCUT2D eigenvalue weighted by Gasteiger charge is 2.62. The SMILES string of the molecule is O=C(Nc1ccc(C(F)(F)F)cc1)N1CCC2(CC1)C(=O)N(c1ccccn1)[C@@H]2c1ccccc1. The maximum absolute atomic E-state index is 13.5. The minimum atomic E-state index is -4.43. The number of benzene rings is 2. The molecule has 2 aliphatic rings. The van der Waals surface area contributed by atoms with E-state index < -0.39 is 23.2 Å². The predicted octanol–water partition coefficient (Wildman–Crippen LogP) is 5.50. The Morgan fingerprint density at radius 2 is 1.60 bits per heavy atom. The van der Waals surface area contributed by atoms with Crippen LogP contribution in [0.1, 0.15) is 30.0 Å². The average Bonchev–Trinajstić information content (AvgIpc) is 2.87. The molecule has 35 heavy (non-hydrogen) atoms. The van der Waals surface area contributed by atoms with Gasteiger partial charge < -0.3 is 10.2 Å². The number of anilines is 2. The van der Waals surface area contributed by atoms with Crippen LogP contribution in [0.5, 0.6) is 0 Å². The predicted molar refractivity (Wildman–Crippen MR) is 125 cm³/mol. The van der Waals surface area contributed by atoms with Crippen LogP contribution in [0.4, 0.5) is 29.5 Å². The molecule has 0 radical (unpaired) electrons. The molecular weight excluding hydrogens is 457 g/mol. The lowest BCUT2D eigenvalue weighted by atomic mass is 9.62. The van der Waals surface area contributed by atoms with Crippen molar-refractivity contribution in [3.05, 3.63) is 90.1 Å². The van der Waals surface area contributed by atoms with E-state index in [9.17, 15) is 22.8 Å². The number of β-lactam (4-membered cyclic amide) rings is 1. The summed E-state index contributed by atoms with van der Waals surface area (Å²) >= 11 is 0. The van der Waals surface area contributed by atoms with Gasteiger partial charge in [0.05, 0.1) is 17.0 Å². The third-order valence-electron chi connectivity index (χ3n) is 6.84. The quantitative estimate of drug-likeness (QED) is 0.504. The first kappa shape index (κ1) is 22.9. The van der Waals surface area contributed by atoms with Crippen molar-refractivity contribution in [2.24, 2.45) is 5.41 Å². The molecule has 0 unspecified atom stereocenters. The molecule has 2 fully saturated rings. The number of hydrogen-bond donors (Lipinski definition) is 1. The molecule has 3 aromatic rings. The Balaban J connectivity index is 1.30. The molecule has 2 aromatic carbocycles. The summed E-state index contributed by atoms with van der Waals surface area (Å²) < 4.78 is 38.3. The van der Waals surface area contributed by atoms with Crippen LogP contribution in [0.2, 0.25) is 0 Å². The van der Waals surface area contributed by atoms with E-state index in [1.54, 1.807) is 22.1 Å². The average molecular weight is 480 g/mol. The normalized spacial score (nSPS) is 19.4. The van der Waals surface area contributed by atoms with Gasteiger partial charge in [-0.1, -0.05) is 36.4 Å². The first-order valence-electron chi connectivity index (χ1n) is 11.3. The highest BCUT2D eigenvalue weighted by molar-refractivity contribution is 6.06. The summed E-state index contributed by atoms with van der Waals surface area (Å²) in [6.45, 7) is 0.717. The Kier molecular flexibility index (Phi) is 5.70. The number of nitrogens with one attached hydrogen (secondary N) is 1. The smallest absolute Gasteiger partial charge is 0.324 e. The van der Waals surface area contributed by atoms with Crippen molar-refractivity contribution in [3.63, 3.8) is 0 Å². The second kappa shape index (κ2) is 8.72. The maximum Gasteiger partial charge on any atom is 0.416 e. The van der Waals surface area contributed by atoms with Crippen molar-refractivity contribution in [1.29, 1.82) is 0 Å². The molecule has 2 saturated heterocycles. The van der Waals surface area contributed by atoms with Crippen molar-refractivity contribution in [2.45, 2.75) is 25.1 Å². The molecule has 1 N–H and O–H groups in total. The number of pyridine rings is 1. The number of rotatable bonds is 3. The van der Waals surface area contributed by atoms with Crippen molar-refractivity contribution < 1.29 is 22.8 Å². The molecule has 1 atom stereocenters. The van der Waals surface area contributed by atoms with Gasteiger partial charge in [0, 0.05) is 25.0 Å². The Morgan fingerprint density at radius 1 is 0.943 bits per heavy atom. The molecule has 5 rings (SSSR count). The van der Waals surface area contributed by atoms with Gasteiger partial charge in [0.1, 0.15) is 5.82 Å². The summed E-state index contributed by atoms with van der Waals surface area (Å²) in [4.78, 5) is 34.0. The fourth-order valence-corrected chi connectivity index (χ4v) is 5.03. The van der Waals surface area contributed by atoms with Gasteiger partial charge in [0.15, 0.2) is 0 Å². The molecule has 2 aliphatic heterocycles. The zero-order chi connectivity index (χ0) is 24.6. The Bertz CT molecular complexity index is 1210. The van der Waals surface area contributed by atoms with E-state index in [4.69, 9.17) is 0 Å². The standard InChI is InChI=1S/C26H23F3N4O2/c27-26(28,29)19-9-11-20(12-10-19)31-24(35)32-16-13-25(14-17-32)22(18-6-2-1-3-7-18)33(23(25)34)21-8-4-5-15-30-21/h1-12,15,22H,13-14,16-17H2,(H,31,35)/t22-/m1/s1. The number of carbonyl (C=O) groups excluding carboxylic acids is 2. The number of hydrogen-bond acceptors (Lipinski definition) is 3. The molecule has 9 heteroatoms. The van der Waals surface area contributed by atoms with Gasteiger partial charge in [-0.3, -0.25) is 9.69 Å². The van der Waals surface area contributed by atoms with Gasteiger partial charge in [-0.2, -0.15) is 13.2 Å². The molecule has 3 amide bonds. The first-order valence-corrected chi connectivity index (χ1v) is 11.3. The third kappa shape index (κ3) is 4.11. The van der Waals surface area contributed by atoms with E-state index in [0.29, 0.717) is 31.7 Å². The van der Waals surface area contributed by atoms with Gasteiger partial charge in [-0.15, -0.1) is 0 Å². The van der Waals surface area contributed by atoms with Crippen LogP contribution in [0.15, 0.2) is 79.0 Å². The van der Waals surface area contributed by atoms with Crippen LogP contribution in [0.25, 0.3) is 0 Å². The summed E-state index contributed by atoms with van der Waals surface area (Å²) in [5, 5.41) is 2.66. The minimum Gasteiger partial charge on any atom is -0.324 e. The Hall–Kier alpha value is -3.88. The molecule has 3 heterocycles. The van der Waals surface area contributed by atoms with Crippen molar-refractivity contribution in [1.82, 2.24) is 9.88 Å². The van der Waals surface area contributed by atoms with E-state index in [-0.39, 0.29) is 17.6 Å². The van der Waals surface area contributed by atoms with Crippen LogP contribution in [-0.2, 0) is 11.0 Å². The van der Waals surface area contributed by atoms with Gasteiger partial charge in [-0.25, -0.2) is 9.78 Å².